The van der Waals surface area contributed by atoms with E-state index in [2.05, 4.69) is 21.3 Å². The molecular weight excluding hydrogens is 274 g/mol. The number of benzene rings is 1. The standard InChI is InChI=1S/C18H19N3O/c22-17-18(11-14-5-1-2-7-16(14)20-17)8-10-21(13-18)12-15-6-3-4-9-19-15/h1-7,9H,8,10-13H2,(H,20,22). The number of nitrogens with one attached hydrogen (secondary N) is 1. The van der Waals surface area contributed by atoms with Gasteiger partial charge in [0.05, 0.1) is 11.1 Å². The van der Waals surface area contributed by atoms with Crippen molar-refractivity contribution < 1.29 is 4.79 Å². The van der Waals surface area contributed by atoms with Crippen LogP contribution in [-0.4, -0.2) is 28.9 Å². The van der Waals surface area contributed by atoms with Crippen molar-refractivity contribution in [2.24, 2.45) is 5.41 Å². The lowest BCUT2D eigenvalue weighted by Crippen LogP contribution is -2.43. The SMILES string of the molecule is O=C1Nc2ccccc2CC12CCN(Cc1ccccn1)C2. The first-order valence-corrected chi connectivity index (χ1v) is 7.77. The molecule has 4 heteroatoms. The van der Waals surface area contributed by atoms with Crippen LogP contribution in [-0.2, 0) is 17.8 Å². The van der Waals surface area contributed by atoms with Gasteiger partial charge in [-0.25, -0.2) is 0 Å². The smallest absolute Gasteiger partial charge is 0.232 e. The van der Waals surface area contributed by atoms with Crippen LogP contribution in [0.4, 0.5) is 5.69 Å². The molecule has 0 saturated carbocycles. The summed E-state index contributed by atoms with van der Waals surface area (Å²) < 4.78 is 0. The first kappa shape index (κ1) is 13.5. The Morgan fingerprint density at radius 1 is 1.18 bits per heavy atom. The van der Waals surface area contributed by atoms with Crippen LogP contribution >= 0.6 is 0 Å². The number of carbonyl (C=O) groups is 1. The number of nitrogens with zero attached hydrogens (tertiary/aromatic N) is 2. The molecule has 1 spiro atoms. The van der Waals surface area contributed by atoms with Gasteiger partial charge < -0.3 is 5.32 Å². The third-order valence-electron chi connectivity index (χ3n) is 4.82. The zero-order chi connectivity index (χ0) is 15.0. The van der Waals surface area contributed by atoms with Crippen molar-refractivity contribution >= 4 is 11.6 Å². The predicted molar refractivity (Wildman–Crippen MR) is 85.3 cm³/mol. The van der Waals surface area contributed by atoms with Gasteiger partial charge in [0, 0.05) is 25.0 Å². The monoisotopic (exact) mass is 293 g/mol. The Bertz CT molecular complexity index is 700. The molecule has 1 unspecified atom stereocenters. The summed E-state index contributed by atoms with van der Waals surface area (Å²) in [5.74, 6) is 0.176. The largest absolute Gasteiger partial charge is 0.325 e. The zero-order valence-corrected chi connectivity index (χ0v) is 12.5. The third-order valence-corrected chi connectivity index (χ3v) is 4.82. The van der Waals surface area contributed by atoms with Crippen LogP contribution in [0.5, 0.6) is 0 Å². The molecule has 2 aliphatic rings. The lowest BCUT2D eigenvalue weighted by Gasteiger charge is -2.33. The summed E-state index contributed by atoms with van der Waals surface area (Å²) >= 11 is 0. The topological polar surface area (TPSA) is 45.2 Å². The number of para-hydroxylation sites is 1. The van der Waals surface area contributed by atoms with Gasteiger partial charge in [-0.1, -0.05) is 24.3 Å². The minimum Gasteiger partial charge on any atom is -0.325 e. The van der Waals surface area contributed by atoms with Crippen molar-refractivity contribution in [2.45, 2.75) is 19.4 Å². The lowest BCUT2D eigenvalue weighted by molar-refractivity contribution is -0.125. The Kier molecular flexibility index (Phi) is 3.19. The quantitative estimate of drug-likeness (QED) is 0.925. The number of carbonyl (C=O) groups excluding carboxylic acids is 1. The first-order valence-electron chi connectivity index (χ1n) is 7.77. The molecular formula is C18H19N3O. The second-order valence-electron chi connectivity index (χ2n) is 6.35. The highest BCUT2D eigenvalue weighted by molar-refractivity contribution is 5.98. The van der Waals surface area contributed by atoms with E-state index in [-0.39, 0.29) is 11.3 Å². The van der Waals surface area contributed by atoms with Crippen molar-refractivity contribution in [1.29, 1.82) is 0 Å². The van der Waals surface area contributed by atoms with Crippen LogP contribution in [0.3, 0.4) is 0 Å². The molecule has 1 N–H and O–H groups in total. The van der Waals surface area contributed by atoms with Crippen LogP contribution in [0.2, 0.25) is 0 Å². The van der Waals surface area contributed by atoms with Crippen LogP contribution < -0.4 is 5.32 Å². The summed E-state index contributed by atoms with van der Waals surface area (Å²) in [5.41, 5.74) is 3.02. The maximum Gasteiger partial charge on any atom is 0.232 e. The van der Waals surface area contributed by atoms with E-state index in [1.165, 1.54) is 5.56 Å². The van der Waals surface area contributed by atoms with E-state index < -0.39 is 0 Å². The maximum absolute atomic E-state index is 12.6. The number of pyridine rings is 1. The van der Waals surface area contributed by atoms with Crippen LogP contribution in [0.25, 0.3) is 0 Å². The minimum atomic E-state index is -0.275. The van der Waals surface area contributed by atoms with Crippen molar-refractivity contribution in [3.8, 4) is 0 Å². The van der Waals surface area contributed by atoms with Gasteiger partial charge in [-0.3, -0.25) is 14.7 Å². The number of rotatable bonds is 2. The highest BCUT2D eigenvalue weighted by Gasteiger charge is 2.47. The lowest BCUT2D eigenvalue weighted by atomic mass is 9.77. The van der Waals surface area contributed by atoms with E-state index in [4.69, 9.17) is 0 Å². The van der Waals surface area contributed by atoms with Crippen LogP contribution in [0.1, 0.15) is 17.7 Å². The number of likely N-dealkylation sites (tertiary alicyclic amines) is 1. The van der Waals surface area contributed by atoms with Crippen molar-refractivity contribution in [2.75, 3.05) is 18.4 Å². The highest BCUT2D eigenvalue weighted by Crippen LogP contribution is 2.40. The Hall–Kier alpha value is -2.20. The second kappa shape index (κ2) is 5.21. The van der Waals surface area contributed by atoms with E-state index in [1.807, 2.05) is 42.6 Å². The van der Waals surface area contributed by atoms with Crippen molar-refractivity contribution in [1.82, 2.24) is 9.88 Å². The number of hydrogen-bond acceptors (Lipinski definition) is 3. The summed E-state index contributed by atoms with van der Waals surface area (Å²) in [4.78, 5) is 19.4. The number of fused-ring (bicyclic) bond motifs is 1. The summed E-state index contributed by atoms with van der Waals surface area (Å²) in [5, 5.41) is 3.10. The fourth-order valence-corrected chi connectivity index (χ4v) is 3.64. The minimum absolute atomic E-state index is 0.176. The van der Waals surface area contributed by atoms with E-state index in [1.54, 1.807) is 0 Å². The molecule has 112 valence electrons. The fraction of sp³-hybridized carbons (Fsp3) is 0.333. The molecule has 0 radical (unpaired) electrons. The van der Waals surface area contributed by atoms with Crippen LogP contribution in [0, 0.1) is 5.41 Å². The maximum atomic E-state index is 12.6. The Morgan fingerprint density at radius 2 is 2.05 bits per heavy atom. The van der Waals surface area contributed by atoms with E-state index >= 15 is 0 Å². The molecule has 3 heterocycles. The molecule has 1 fully saturated rings. The van der Waals surface area contributed by atoms with E-state index in [9.17, 15) is 4.79 Å². The number of amides is 1. The molecule has 1 aromatic heterocycles. The second-order valence-corrected chi connectivity index (χ2v) is 6.35. The molecule has 22 heavy (non-hydrogen) atoms. The average Bonchev–Trinajstić information content (AvgIpc) is 2.93. The summed E-state index contributed by atoms with van der Waals surface area (Å²) in [6, 6.07) is 14.1. The molecule has 2 aliphatic heterocycles. The number of hydrogen-bond donors (Lipinski definition) is 1. The van der Waals surface area contributed by atoms with Gasteiger partial charge in [-0.15, -0.1) is 0 Å². The average molecular weight is 293 g/mol. The third kappa shape index (κ3) is 2.29. The van der Waals surface area contributed by atoms with Gasteiger partial charge in [-0.05, 0) is 43.1 Å². The summed E-state index contributed by atoms with van der Waals surface area (Å²) in [7, 11) is 0. The normalized spacial score (nSPS) is 24.3. The molecule has 2 aromatic rings. The zero-order valence-electron chi connectivity index (χ0n) is 12.5. The fourth-order valence-electron chi connectivity index (χ4n) is 3.64. The Balaban J connectivity index is 1.53. The molecule has 0 bridgehead atoms. The summed E-state index contributed by atoms with van der Waals surface area (Å²) in [6.07, 6.45) is 3.58. The van der Waals surface area contributed by atoms with Gasteiger partial charge in [0.1, 0.15) is 0 Å². The summed E-state index contributed by atoms with van der Waals surface area (Å²) in [6.45, 7) is 2.58. The van der Waals surface area contributed by atoms with Gasteiger partial charge >= 0.3 is 0 Å². The molecule has 4 nitrogen and oxygen atoms in total. The molecule has 1 aromatic carbocycles. The van der Waals surface area contributed by atoms with Crippen molar-refractivity contribution in [3.05, 3.63) is 59.9 Å². The van der Waals surface area contributed by atoms with Gasteiger partial charge in [0.25, 0.3) is 0 Å². The van der Waals surface area contributed by atoms with Gasteiger partial charge in [0.15, 0.2) is 0 Å². The molecule has 1 atom stereocenters. The number of anilines is 1. The number of aromatic nitrogens is 1. The van der Waals surface area contributed by atoms with E-state index in [0.29, 0.717) is 0 Å². The molecule has 1 amide bonds. The predicted octanol–water partition coefficient (Wildman–Crippen LogP) is 2.47. The van der Waals surface area contributed by atoms with Gasteiger partial charge in [0.2, 0.25) is 5.91 Å². The molecule has 0 aliphatic carbocycles. The Labute approximate surface area is 130 Å². The van der Waals surface area contributed by atoms with E-state index in [0.717, 1.165) is 43.9 Å². The molecule has 1 saturated heterocycles. The van der Waals surface area contributed by atoms with Gasteiger partial charge in [-0.2, -0.15) is 0 Å². The van der Waals surface area contributed by atoms with Crippen LogP contribution in [0.15, 0.2) is 48.7 Å². The van der Waals surface area contributed by atoms with Crippen molar-refractivity contribution in [3.63, 3.8) is 0 Å². The Morgan fingerprint density at radius 3 is 2.91 bits per heavy atom. The highest BCUT2D eigenvalue weighted by atomic mass is 16.2. The molecule has 4 rings (SSSR count). The first-order chi connectivity index (χ1) is 10.8.